The summed E-state index contributed by atoms with van der Waals surface area (Å²) in [6.45, 7) is 9.51. The molecule has 1 aliphatic rings. The number of rotatable bonds is 7. The molecule has 0 amide bonds. The fourth-order valence-electron chi connectivity index (χ4n) is 1.97. The van der Waals surface area contributed by atoms with Crippen molar-refractivity contribution in [1.82, 2.24) is 4.90 Å². The van der Waals surface area contributed by atoms with Crippen molar-refractivity contribution in [2.75, 3.05) is 19.6 Å². The highest BCUT2D eigenvalue weighted by Gasteiger charge is 2.08. The molecule has 0 atom stereocenters. The maximum atomic E-state index is 3.82. The van der Waals surface area contributed by atoms with Crippen molar-refractivity contribution in [3.63, 3.8) is 0 Å². The van der Waals surface area contributed by atoms with Gasteiger partial charge in [0, 0.05) is 13.1 Å². The second-order valence-electron chi connectivity index (χ2n) is 4.13. The van der Waals surface area contributed by atoms with Gasteiger partial charge in [-0.05, 0) is 32.2 Å². The second kappa shape index (κ2) is 6.83. The largest absolute Gasteiger partial charge is 0.296 e. The third kappa shape index (κ3) is 4.10. The molecular weight excluding hydrogens is 170 g/mol. The van der Waals surface area contributed by atoms with Gasteiger partial charge in [-0.15, -0.1) is 6.58 Å². The molecule has 0 fully saturated rings. The molecular formula is C13H23N. The molecule has 1 aliphatic carbocycles. The quantitative estimate of drug-likeness (QED) is 0.560. The maximum Gasteiger partial charge on any atom is 0.0196 e. The van der Waals surface area contributed by atoms with Crippen LogP contribution in [-0.4, -0.2) is 24.5 Å². The Morgan fingerprint density at radius 1 is 1.57 bits per heavy atom. The zero-order valence-corrected chi connectivity index (χ0v) is 9.47. The lowest BCUT2D eigenvalue weighted by Gasteiger charge is -2.20. The van der Waals surface area contributed by atoms with Crippen LogP contribution in [0.25, 0.3) is 0 Å². The monoisotopic (exact) mass is 193 g/mol. The molecule has 1 rings (SSSR count). The van der Waals surface area contributed by atoms with Crippen molar-refractivity contribution < 1.29 is 0 Å². The number of allylic oxidation sites excluding steroid dienone is 1. The molecule has 1 heteroatoms. The van der Waals surface area contributed by atoms with Crippen molar-refractivity contribution in [1.29, 1.82) is 0 Å². The van der Waals surface area contributed by atoms with E-state index in [0.717, 1.165) is 6.54 Å². The average molecular weight is 193 g/mol. The SMILES string of the molecule is C=CCN(CCCC)CC1=CCCC1. The zero-order chi connectivity index (χ0) is 10.2. The van der Waals surface area contributed by atoms with E-state index in [4.69, 9.17) is 0 Å². The summed E-state index contributed by atoms with van der Waals surface area (Å²) in [4.78, 5) is 2.51. The lowest BCUT2D eigenvalue weighted by Crippen LogP contribution is -2.26. The summed E-state index contributed by atoms with van der Waals surface area (Å²) in [5, 5.41) is 0. The first-order valence-corrected chi connectivity index (χ1v) is 5.88. The summed E-state index contributed by atoms with van der Waals surface area (Å²) in [7, 11) is 0. The third-order valence-electron chi connectivity index (χ3n) is 2.78. The van der Waals surface area contributed by atoms with E-state index in [9.17, 15) is 0 Å². The minimum atomic E-state index is 1.04. The Morgan fingerprint density at radius 2 is 2.43 bits per heavy atom. The Morgan fingerprint density at radius 3 is 3.00 bits per heavy atom. The van der Waals surface area contributed by atoms with Gasteiger partial charge in [-0.25, -0.2) is 0 Å². The normalized spacial score (nSPS) is 16.0. The molecule has 0 bridgehead atoms. The zero-order valence-electron chi connectivity index (χ0n) is 9.47. The van der Waals surface area contributed by atoms with Gasteiger partial charge >= 0.3 is 0 Å². The Hall–Kier alpha value is -0.560. The molecule has 1 nitrogen and oxygen atoms in total. The van der Waals surface area contributed by atoms with E-state index in [1.165, 1.54) is 45.2 Å². The molecule has 0 unspecified atom stereocenters. The maximum absolute atomic E-state index is 3.82. The predicted octanol–water partition coefficient (Wildman–Crippen LogP) is 3.38. The Kier molecular flexibility index (Phi) is 5.62. The number of hydrogen-bond donors (Lipinski definition) is 0. The number of hydrogen-bond acceptors (Lipinski definition) is 1. The van der Waals surface area contributed by atoms with E-state index in [1.807, 2.05) is 6.08 Å². The smallest absolute Gasteiger partial charge is 0.0196 e. The van der Waals surface area contributed by atoms with Gasteiger partial charge in [0.1, 0.15) is 0 Å². The summed E-state index contributed by atoms with van der Waals surface area (Å²) in [6, 6.07) is 0. The van der Waals surface area contributed by atoms with E-state index in [1.54, 1.807) is 5.57 Å². The predicted molar refractivity (Wildman–Crippen MR) is 63.5 cm³/mol. The molecule has 0 spiro atoms. The van der Waals surface area contributed by atoms with Crippen LogP contribution in [-0.2, 0) is 0 Å². The second-order valence-corrected chi connectivity index (χ2v) is 4.13. The van der Waals surface area contributed by atoms with Gasteiger partial charge in [0.05, 0.1) is 0 Å². The van der Waals surface area contributed by atoms with Crippen LogP contribution in [0.4, 0.5) is 0 Å². The Balaban J connectivity index is 2.29. The summed E-state index contributed by atoms with van der Waals surface area (Å²) < 4.78 is 0. The van der Waals surface area contributed by atoms with Crippen LogP contribution in [0.15, 0.2) is 24.3 Å². The van der Waals surface area contributed by atoms with E-state index < -0.39 is 0 Å². The van der Waals surface area contributed by atoms with Gasteiger partial charge < -0.3 is 0 Å². The van der Waals surface area contributed by atoms with Crippen molar-refractivity contribution in [3.8, 4) is 0 Å². The molecule has 0 saturated carbocycles. The highest BCUT2D eigenvalue weighted by atomic mass is 15.1. The lowest BCUT2D eigenvalue weighted by molar-refractivity contribution is 0.320. The van der Waals surface area contributed by atoms with Crippen LogP contribution in [0.3, 0.4) is 0 Å². The van der Waals surface area contributed by atoms with Crippen LogP contribution >= 0.6 is 0 Å². The van der Waals surface area contributed by atoms with E-state index >= 15 is 0 Å². The average Bonchev–Trinajstić information content (AvgIpc) is 2.67. The van der Waals surface area contributed by atoms with Crippen molar-refractivity contribution >= 4 is 0 Å². The molecule has 0 aromatic carbocycles. The van der Waals surface area contributed by atoms with Crippen LogP contribution in [0.1, 0.15) is 39.0 Å². The lowest BCUT2D eigenvalue weighted by atomic mass is 10.2. The molecule has 0 heterocycles. The van der Waals surface area contributed by atoms with Crippen LogP contribution in [0, 0.1) is 0 Å². The molecule has 0 aliphatic heterocycles. The highest BCUT2D eigenvalue weighted by molar-refractivity contribution is 5.09. The van der Waals surface area contributed by atoms with Crippen LogP contribution < -0.4 is 0 Å². The minimum absolute atomic E-state index is 1.04. The first kappa shape index (κ1) is 11.5. The van der Waals surface area contributed by atoms with Crippen molar-refractivity contribution in [2.45, 2.75) is 39.0 Å². The third-order valence-corrected chi connectivity index (χ3v) is 2.78. The fourth-order valence-corrected chi connectivity index (χ4v) is 1.97. The number of unbranched alkanes of at least 4 members (excludes halogenated alkanes) is 1. The molecule has 0 N–H and O–H groups in total. The number of nitrogens with zero attached hydrogens (tertiary/aromatic N) is 1. The van der Waals surface area contributed by atoms with Crippen LogP contribution in [0.2, 0.25) is 0 Å². The molecule has 0 aromatic rings. The summed E-state index contributed by atoms with van der Waals surface area (Å²) >= 11 is 0. The van der Waals surface area contributed by atoms with E-state index in [-0.39, 0.29) is 0 Å². The Labute approximate surface area is 88.5 Å². The topological polar surface area (TPSA) is 3.24 Å². The molecule has 80 valence electrons. The van der Waals surface area contributed by atoms with E-state index in [0.29, 0.717) is 0 Å². The molecule has 0 saturated heterocycles. The fraction of sp³-hybridized carbons (Fsp3) is 0.692. The van der Waals surface area contributed by atoms with E-state index in [2.05, 4.69) is 24.5 Å². The first-order valence-electron chi connectivity index (χ1n) is 5.88. The molecule has 0 aromatic heterocycles. The van der Waals surface area contributed by atoms with Crippen molar-refractivity contribution in [2.24, 2.45) is 0 Å². The van der Waals surface area contributed by atoms with Gasteiger partial charge in [0.15, 0.2) is 0 Å². The highest BCUT2D eigenvalue weighted by Crippen LogP contribution is 2.18. The summed E-state index contributed by atoms with van der Waals surface area (Å²) in [5.74, 6) is 0. The van der Waals surface area contributed by atoms with Gasteiger partial charge in [-0.1, -0.05) is 31.1 Å². The van der Waals surface area contributed by atoms with Gasteiger partial charge in [-0.2, -0.15) is 0 Å². The van der Waals surface area contributed by atoms with Crippen molar-refractivity contribution in [3.05, 3.63) is 24.3 Å². The van der Waals surface area contributed by atoms with Gasteiger partial charge in [-0.3, -0.25) is 4.90 Å². The van der Waals surface area contributed by atoms with Gasteiger partial charge in [0.2, 0.25) is 0 Å². The Bertz CT molecular complexity index is 193. The molecule has 0 radical (unpaired) electrons. The standard InChI is InChI=1S/C13H23N/c1-3-5-11-14(10-4-2)12-13-8-6-7-9-13/h4,8H,2-3,5-7,9-12H2,1H3. The van der Waals surface area contributed by atoms with Gasteiger partial charge in [0.25, 0.3) is 0 Å². The summed E-state index contributed by atoms with van der Waals surface area (Å²) in [5.41, 5.74) is 1.64. The first-order chi connectivity index (χ1) is 6.86. The molecule has 14 heavy (non-hydrogen) atoms. The minimum Gasteiger partial charge on any atom is -0.296 e. The van der Waals surface area contributed by atoms with Crippen LogP contribution in [0.5, 0.6) is 0 Å². The summed E-state index contributed by atoms with van der Waals surface area (Å²) in [6.07, 6.45) is 11.0.